The van der Waals surface area contributed by atoms with Crippen LogP contribution in [-0.4, -0.2) is 51.7 Å². The molecule has 0 aliphatic carbocycles. The lowest BCUT2D eigenvalue weighted by Gasteiger charge is -2.32. The molecule has 1 amide bonds. The average Bonchev–Trinajstić information content (AvgIpc) is 3.37. The first-order chi connectivity index (χ1) is 18.5. The van der Waals surface area contributed by atoms with Crippen LogP contribution >= 0.6 is 35.1 Å². The summed E-state index contributed by atoms with van der Waals surface area (Å²) in [7, 11) is 0. The second-order valence-electron chi connectivity index (χ2n) is 11.2. The average molecular weight is 583 g/mol. The maximum Gasteiger partial charge on any atom is 0.342 e. The van der Waals surface area contributed by atoms with Gasteiger partial charge in [-0.05, 0) is 45.5 Å². The number of halogens is 1. The van der Waals surface area contributed by atoms with Gasteiger partial charge in [-0.15, -0.1) is 23.5 Å². The number of nitrogens with zero attached hydrogens (tertiary/aromatic N) is 1. The van der Waals surface area contributed by atoms with E-state index in [1.165, 1.54) is 11.8 Å². The number of nitrogens with one attached hydrogen (secondary N) is 1. The number of ketones is 1. The normalized spacial score (nSPS) is 23.5. The number of amides is 1. The highest BCUT2D eigenvalue weighted by molar-refractivity contribution is 8.02. The third kappa shape index (κ3) is 5.44. The Labute approximate surface area is 241 Å². The van der Waals surface area contributed by atoms with E-state index in [4.69, 9.17) is 11.6 Å². The Morgan fingerprint density at radius 2 is 1.85 bits per heavy atom. The van der Waals surface area contributed by atoms with Crippen molar-refractivity contribution in [3.8, 4) is 0 Å². The Hall–Kier alpha value is -2.52. The molecule has 3 unspecified atom stereocenters. The van der Waals surface area contributed by atoms with Gasteiger partial charge in [-0.2, -0.15) is 0 Å². The van der Waals surface area contributed by atoms with Gasteiger partial charge in [0.1, 0.15) is 0 Å². The first-order valence-electron chi connectivity index (χ1n) is 12.9. The van der Waals surface area contributed by atoms with Crippen LogP contribution in [0.3, 0.4) is 0 Å². The number of hydrogen-bond donors (Lipinski definition) is 2. The van der Waals surface area contributed by atoms with Crippen LogP contribution in [0.1, 0.15) is 43.6 Å². The van der Waals surface area contributed by atoms with Crippen molar-refractivity contribution in [1.82, 2.24) is 5.32 Å². The quantitative estimate of drug-likeness (QED) is 0.337. The Balaban J connectivity index is 1.66. The molecular formula is C30H31ClN2O4S2. The number of carbonyl (C=O) groups is 3. The van der Waals surface area contributed by atoms with E-state index in [2.05, 4.69) is 50.4 Å². The molecule has 0 saturated carbocycles. The third-order valence-corrected chi connectivity index (χ3v) is 10.1. The second-order valence-corrected chi connectivity index (χ2v) is 14.2. The molecule has 1 fully saturated rings. The zero-order chi connectivity index (χ0) is 27.9. The Morgan fingerprint density at radius 3 is 2.54 bits per heavy atom. The number of hydrogen-bond acceptors (Lipinski definition) is 6. The van der Waals surface area contributed by atoms with Gasteiger partial charge in [0.05, 0.1) is 10.5 Å². The summed E-state index contributed by atoms with van der Waals surface area (Å²) in [4.78, 5) is 40.2. The smallest absolute Gasteiger partial charge is 0.342 e. The molecular weight excluding hydrogens is 552 g/mol. The Morgan fingerprint density at radius 1 is 1.10 bits per heavy atom. The molecule has 3 aromatic rings. The van der Waals surface area contributed by atoms with Crippen molar-refractivity contribution in [1.29, 1.82) is 0 Å². The fourth-order valence-corrected chi connectivity index (χ4v) is 8.06. The summed E-state index contributed by atoms with van der Waals surface area (Å²) < 4.78 is 0. The minimum Gasteiger partial charge on any atom is -0.479 e. The summed E-state index contributed by atoms with van der Waals surface area (Å²) in [6.45, 7) is 7.05. The molecule has 2 aliphatic rings. The Bertz CT molecular complexity index is 1440. The first-order valence-corrected chi connectivity index (χ1v) is 15.2. The molecule has 9 heteroatoms. The highest BCUT2D eigenvalue weighted by Crippen LogP contribution is 2.50. The number of anilines is 1. The fourth-order valence-electron chi connectivity index (χ4n) is 5.29. The van der Waals surface area contributed by atoms with E-state index in [0.717, 1.165) is 39.3 Å². The number of thioether (sulfide) groups is 2. The molecule has 39 heavy (non-hydrogen) atoms. The van der Waals surface area contributed by atoms with Crippen molar-refractivity contribution >= 4 is 69.2 Å². The minimum atomic E-state index is -1.73. The number of aliphatic carboxylic acids is 1. The molecule has 0 radical (unpaired) electrons. The highest BCUT2D eigenvalue weighted by Gasteiger charge is 2.51. The lowest BCUT2D eigenvalue weighted by molar-refractivity contribution is -0.145. The maximum atomic E-state index is 14.3. The van der Waals surface area contributed by atoms with Gasteiger partial charge >= 0.3 is 5.97 Å². The Kier molecular flexibility index (Phi) is 7.76. The fraction of sp³-hybridized carbons (Fsp3) is 0.367. The van der Waals surface area contributed by atoms with Crippen molar-refractivity contribution in [2.24, 2.45) is 5.41 Å². The van der Waals surface area contributed by atoms with E-state index in [-0.39, 0.29) is 23.0 Å². The van der Waals surface area contributed by atoms with Crippen molar-refractivity contribution < 1.29 is 19.5 Å². The molecule has 2 aliphatic heterocycles. The molecule has 3 aromatic carbocycles. The lowest BCUT2D eigenvalue weighted by Crippen LogP contribution is -2.53. The highest BCUT2D eigenvalue weighted by atomic mass is 35.5. The lowest BCUT2D eigenvalue weighted by atomic mass is 9.93. The molecule has 1 saturated heterocycles. The van der Waals surface area contributed by atoms with Crippen LogP contribution in [0.15, 0.2) is 60.7 Å². The van der Waals surface area contributed by atoms with Gasteiger partial charge in [0.2, 0.25) is 10.8 Å². The number of carbonyl (C=O) groups excluding carboxylic acids is 2. The number of carboxylic acids is 1. The molecule has 2 heterocycles. The van der Waals surface area contributed by atoms with E-state index in [1.54, 1.807) is 11.0 Å². The van der Waals surface area contributed by atoms with E-state index in [1.807, 2.05) is 30.3 Å². The summed E-state index contributed by atoms with van der Waals surface area (Å²) >= 11 is 9.03. The molecule has 0 aromatic heterocycles. The molecule has 0 spiro atoms. The van der Waals surface area contributed by atoms with Crippen LogP contribution in [0.4, 0.5) is 5.69 Å². The predicted molar refractivity (Wildman–Crippen MR) is 161 cm³/mol. The van der Waals surface area contributed by atoms with Crippen LogP contribution in [0.2, 0.25) is 5.02 Å². The third-order valence-electron chi connectivity index (χ3n) is 7.00. The molecule has 6 nitrogen and oxygen atoms in total. The summed E-state index contributed by atoms with van der Waals surface area (Å²) in [5, 5.41) is 14.5. The summed E-state index contributed by atoms with van der Waals surface area (Å²) in [5.41, 5.74) is 2.46. The van der Waals surface area contributed by atoms with Gasteiger partial charge in [-0.3, -0.25) is 14.9 Å². The zero-order valence-electron chi connectivity index (χ0n) is 22.1. The number of carboxylic acid groups (broad SMARTS) is 1. The van der Waals surface area contributed by atoms with E-state index in [0.29, 0.717) is 23.9 Å². The van der Waals surface area contributed by atoms with Crippen LogP contribution in [-0.2, 0) is 14.4 Å². The monoisotopic (exact) mass is 582 g/mol. The van der Waals surface area contributed by atoms with Gasteiger partial charge in [0, 0.05) is 36.0 Å². The van der Waals surface area contributed by atoms with Crippen molar-refractivity contribution in [3.05, 3.63) is 76.8 Å². The standard InChI is InChI=1S/C30H31ClN2O4S2/c1-29(2,3)17-33-23-12-11-19(31)15-22(23)26(21-10-6-8-18-7-4-5-9-20(18)21)39-24(27(33)35)16-25(34)30(28(36)37)32-13-14-38-30/h4-12,15,24,26,32H,13-14,16-17H2,1-3H3,(H,36,37). The van der Waals surface area contributed by atoms with Gasteiger partial charge in [0.25, 0.3) is 0 Å². The largest absolute Gasteiger partial charge is 0.479 e. The molecule has 3 atom stereocenters. The molecule has 2 N–H and O–H groups in total. The van der Waals surface area contributed by atoms with Gasteiger partial charge in [0.15, 0.2) is 5.78 Å². The topological polar surface area (TPSA) is 86.7 Å². The maximum absolute atomic E-state index is 14.3. The minimum absolute atomic E-state index is 0.195. The summed E-state index contributed by atoms with van der Waals surface area (Å²) in [6, 6.07) is 19.8. The number of benzene rings is 3. The number of fused-ring (bicyclic) bond motifs is 2. The molecule has 5 rings (SSSR count). The van der Waals surface area contributed by atoms with Gasteiger partial charge in [-0.25, -0.2) is 4.79 Å². The first kappa shape index (κ1) is 28.0. The van der Waals surface area contributed by atoms with E-state index >= 15 is 0 Å². The van der Waals surface area contributed by atoms with Crippen LogP contribution in [0.5, 0.6) is 0 Å². The summed E-state index contributed by atoms with van der Waals surface area (Å²) in [5.74, 6) is -1.38. The predicted octanol–water partition coefficient (Wildman–Crippen LogP) is 6.15. The van der Waals surface area contributed by atoms with Crippen molar-refractivity contribution in [2.75, 3.05) is 23.7 Å². The van der Waals surface area contributed by atoms with Crippen LogP contribution in [0.25, 0.3) is 10.8 Å². The van der Waals surface area contributed by atoms with Gasteiger partial charge in [-0.1, -0.05) is 74.8 Å². The van der Waals surface area contributed by atoms with E-state index < -0.39 is 21.9 Å². The molecule has 204 valence electrons. The van der Waals surface area contributed by atoms with Gasteiger partial charge < -0.3 is 10.0 Å². The SMILES string of the molecule is CC(C)(C)CN1C(=O)C(CC(=O)C2(C(=O)O)NCCS2)SC(c2cccc3ccccc23)c2cc(Cl)ccc21. The van der Waals surface area contributed by atoms with Crippen molar-refractivity contribution in [3.63, 3.8) is 0 Å². The zero-order valence-corrected chi connectivity index (χ0v) is 24.5. The van der Waals surface area contributed by atoms with Crippen LogP contribution < -0.4 is 10.2 Å². The molecule has 0 bridgehead atoms. The number of Topliss-reactive ketones (excluding diaryl/α,β-unsaturated/α-hetero) is 1. The van der Waals surface area contributed by atoms with Crippen molar-refractivity contribution in [2.45, 2.75) is 42.6 Å². The van der Waals surface area contributed by atoms with E-state index in [9.17, 15) is 19.5 Å². The number of rotatable bonds is 6. The second kappa shape index (κ2) is 10.8. The van der Waals surface area contributed by atoms with Crippen LogP contribution in [0, 0.1) is 5.41 Å². The summed E-state index contributed by atoms with van der Waals surface area (Å²) in [6.07, 6.45) is -0.195.